The number of thioether (sulfide) groups is 1. The Labute approximate surface area is 124 Å². The van der Waals surface area contributed by atoms with E-state index >= 15 is 0 Å². The van der Waals surface area contributed by atoms with Crippen molar-refractivity contribution in [3.63, 3.8) is 0 Å². The largest absolute Gasteiger partial charge is 0.418 e. The van der Waals surface area contributed by atoms with E-state index in [0.29, 0.717) is 0 Å². The Balaban J connectivity index is 2.56. The molecular weight excluding hydrogens is 334 g/mol. The van der Waals surface area contributed by atoms with E-state index in [-0.39, 0.29) is 15.3 Å². The molecule has 8 heteroatoms. The summed E-state index contributed by atoms with van der Waals surface area (Å²) >= 11 is 1.66. The molecule has 1 aromatic heterocycles. The summed E-state index contributed by atoms with van der Waals surface area (Å²) in [5.74, 6) is 0. The zero-order chi connectivity index (χ0) is 15.8. The average Bonchev–Trinajstić information content (AvgIpc) is 2.81. The number of benzene rings is 1. The molecule has 0 unspecified atom stereocenters. The van der Waals surface area contributed by atoms with Gasteiger partial charge in [-0.05, 0) is 24.0 Å². The van der Waals surface area contributed by atoms with E-state index in [1.54, 1.807) is 0 Å². The van der Waals surface area contributed by atoms with Gasteiger partial charge in [0.1, 0.15) is 0 Å². The van der Waals surface area contributed by atoms with Crippen LogP contribution in [0, 0.1) is 0 Å². The summed E-state index contributed by atoms with van der Waals surface area (Å²) in [5.41, 5.74) is -1.56. The fourth-order valence-corrected chi connectivity index (χ4v) is 3.92. The third kappa shape index (κ3) is 3.37. The maximum atomic E-state index is 12.8. The van der Waals surface area contributed by atoms with Crippen molar-refractivity contribution in [1.29, 1.82) is 0 Å². The molecule has 0 fully saturated rings. The third-order valence-electron chi connectivity index (χ3n) is 2.71. The lowest BCUT2D eigenvalue weighted by Crippen LogP contribution is -2.05. The third-order valence-corrected chi connectivity index (χ3v) is 4.70. The molecule has 114 valence electrons. The molecule has 0 saturated heterocycles. The van der Waals surface area contributed by atoms with Gasteiger partial charge in [-0.3, -0.25) is 0 Å². The van der Waals surface area contributed by atoms with Crippen LogP contribution >= 0.6 is 23.1 Å². The average molecular weight is 342 g/mol. The lowest BCUT2D eigenvalue weighted by molar-refractivity contribution is -0.139. The van der Waals surface area contributed by atoms with Crippen LogP contribution in [0.25, 0.3) is 10.4 Å². The van der Waals surface area contributed by atoms with Crippen LogP contribution in [0.1, 0.15) is 11.1 Å². The molecule has 0 radical (unpaired) electrons. The van der Waals surface area contributed by atoms with Crippen molar-refractivity contribution in [3.05, 3.63) is 40.8 Å². The second-order valence-electron chi connectivity index (χ2n) is 4.09. The highest BCUT2D eigenvalue weighted by Crippen LogP contribution is 2.46. The van der Waals surface area contributed by atoms with Crippen LogP contribution in [-0.2, 0) is 12.4 Å². The Hall–Kier alpha value is -1.15. The van der Waals surface area contributed by atoms with E-state index in [1.165, 1.54) is 18.4 Å². The summed E-state index contributed by atoms with van der Waals surface area (Å²) in [7, 11) is 0. The van der Waals surface area contributed by atoms with Gasteiger partial charge in [-0.1, -0.05) is 12.1 Å². The monoisotopic (exact) mass is 342 g/mol. The summed E-state index contributed by atoms with van der Waals surface area (Å²) in [5, 5.41) is 0.932. The Bertz CT molecular complexity index is 639. The van der Waals surface area contributed by atoms with E-state index in [0.717, 1.165) is 40.6 Å². The van der Waals surface area contributed by atoms with Crippen molar-refractivity contribution in [1.82, 2.24) is 0 Å². The zero-order valence-electron chi connectivity index (χ0n) is 10.5. The second-order valence-corrected chi connectivity index (χ2v) is 5.78. The molecule has 0 amide bonds. The minimum Gasteiger partial charge on any atom is -0.166 e. The van der Waals surface area contributed by atoms with E-state index in [2.05, 4.69) is 0 Å². The standard InChI is InChI=1S/C13H8F6S2/c1-20-11-9(13(17,18)19)6-21-10(11)7-3-2-4-8(5-7)12(14,15)16/h2-6H,1H3. The molecule has 0 N–H and O–H groups in total. The quantitative estimate of drug-likeness (QED) is 0.464. The molecule has 1 heterocycles. The minimum atomic E-state index is -4.53. The van der Waals surface area contributed by atoms with Crippen molar-refractivity contribution >= 4 is 23.1 Å². The Kier molecular flexibility index (Phi) is 4.30. The van der Waals surface area contributed by atoms with Gasteiger partial charge in [0.2, 0.25) is 0 Å². The highest BCUT2D eigenvalue weighted by Gasteiger charge is 2.36. The highest BCUT2D eigenvalue weighted by molar-refractivity contribution is 7.99. The molecule has 0 spiro atoms. The van der Waals surface area contributed by atoms with Crippen molar-refractivity contribution in [2.45, 2.75) is 17.2 Å². The molecule has 0 atom stereocenters. The SMILES string of the molecule is CSc1c(C(F)(F)F)csc1-c1cccc(C(F)(F)F)c1. The van der Waals surface area contributed by atoms with Crippen LogP contribution in [0.3, 0.4) is 0 Å². The van der Waals surface area contributed by atoms with Gasteiger partial charge in [-0.2, -0.15) is 26.3 Å². The predicted molar refractivity (Wildman–Crippen MR) is 71.5 cm³/mol. The number of hydrogen-bond acceptors (Lipinski definition) is 2. The van der Waals surface area contributed by atoms with Gasteiger partial charge >= 0.3 is 12.4 Å². The maximum absolute atomic E-state index is 12.8. The molecule has 0 saturated carbocycles. The van der Waals surface area contributed by atoms with E-state index in [1.807, 2.05) is 0 Å². The Morgan fingerprint density at radius 2 is 1.67 bits per heavy atom. The fraction of sp³-hybridized carbons (Fsp3) is 0.231. The van der Waals surface area contributed by atoms with Gasteiger partial charge in [0.25, 0.3) is 0 Å². The van der Waals surface area contributed by atoms with Crippen LogP contribution in [0.5, 0.6) is 0 Å². The molecule has 2 rings (SSSR count). The number of halogens is 6. The van der Waals surface area contributed by atoms with Crippen LogP contribution in [0.2, 0.25) is 0 Å². The molecule has 0 nitrogen and oxygen atoms in total. The fourth-order valence-electron chi connectivity index (χ4n) is 1.78. The van der Waals surface area contributed by atoms with Crippen LogP contribution < -0.4 is 0 Å². The maximum Gasteiger partial charge on any atom is 0.418 e. The summed E-state index contributed by atoms with van der Waals surface area (Å²) in [4.78, 5) is 0.146. The van der Waals surface area contributed by atoms with Gasteiger partial charge < -0.3 is 0 Å². The lowest BCUT2D eigenvalue weighted by Gasteiger charge is -2.10. The zero-order valence-corrected chi connectivity index (χ0v) is 12.1. The summed E-state index contributed by atoms with van der Waals surface area (Å²) in [6.45, 7) is 0. The van der Waals surface area contributed by atoms with Gasteiger partial charge in [0.05, 0.1) is 11.1 Å². The van der Waals surface area contributed by atoms with Crippen molar-refractivity contribution in [2.24, 2.45) is 0 Å². The van der Waals surface area contributed by atoms with Gasteiger partial charge in [-0.25, -0.2) is 0 Å². The summed E-state index contributed by atoms with van der Waals surface area (Å²) in [6.07, 6.45) is -7.58. The van der Waals surface area contributed by atoms with E-state index in [4.69, 9.17) is 0 Å². The van der Waals surface area contributed by atoms with Gasteiger partial charge in [0, 0.05) is 15.2 Å². The predicted octanol–water partition coefficient (Wildman–Crippen LogP) is 6.17. The lowest BCUT2D eigenvalue weighted by atomic mass is 10.1. The molecule has 0 aliphatic heterocycles. The topological polar surface area (TPSA) is 0 Å². The smallest absolute Gasteiger partial charge is 0.166 e. The summed E-state index contributed by atoms with van der Waals surface area (Å²) in [6, 6.07) is 4.32. The highest BCUT2D eigenvalue weighted by atomic mass is 32.2. The number of hydrogen-bond donors (Lipinski definition) is 0. The Morgan fingerprint density at radius 3 is 2.19 bits per heavy atom. The number of thiophene rings is 1. The first-order chi connectivity index (χ1) is 9.64. The van der Waals surface area contributed by atoms with E-state index < -0.39 is 23.5 Å². The van der Waals surface area contributed by atoms with E-state index in [9.17, 15) is 26.3 Å². The van der Waals surface area contributed by atoms with Crippen LogP contribution in [-0.4, -0.2) is 6.26 Å². The first-order valence-electron chi connectivity index (χ1n) is 5.55. The van der Waals surface area contributed by atoms with Gasteiger partial charge in [0.15, 0.2) is 0 Å². The minimum absolute atomic E-state index is 0.0492. The molecule has 2 aromatic rings. The number of alkyl halides is 6. The molecule has 0 aliphatic rings. The van der Waals surface area contributed by atoms with Crippen molar-refractivity contribution in [2.75, 3.05) is 6.26 Å². The molecule has 0 bridgehead atoms. The van der Waals surface area contributed by atoms with Crippen molar-refractivity contribution < 1.29 is 26.3 Å². The van der Waals surface area contributed by atoms with Crippen LogP contribution in [0.4, 0.5) is 26.3 Å². The first-order valence-corrected chi connectivity index (χ1v) is 7.65. The Morgan fingerprint density at radius 1 is 1.00 bits per heavy atom. The summed E-state index contributed by atoms with van der Waals surface area (Å²) < 4.78 is 76.6. The van der Waals surface area contributed by atoms with Crippen LogP contribution in [0.15, 0.2) is 34.5 Å². The molecule has 1 aromatic carbocycles. The number of rotatable bonds is 2. The first kappa shape index (κ1) is 16.2. The molecular formula is C13H8F6S2. The van der Waals surface area contributed by atoms with Gasteiger partial charge in [-0.15, -0.1) is 23.1 Å². The molecule has 0 aliphatic carbocycles. The second kappa shape index (κ2) is 5.57. The molecule has 21 heavy (non-hydrogen) atoms. The normalized spacial score (nSPS) is 12.7. The van der Waals surface area contributed by atoms with Crippen molar-refractivity contribution in [3.8, 4) is 10.4 Å².